The number of aryl methyl sites for hydroxylation is 2. The molecule has 0 spiro atoms. The molecule has 25 heavy (non-hydrogen) atoms. The number of ether oxygens (including phenoxy) is 2. The molecule has 7 nitrogen and oxygen atoms in total. The molecule has 2 rings (SSSR count). The number of para-hydroxylation sites is 1. The van der Waals surface area contributed by atoms with E-state index in [1.54, 1.807) is 24.7 Å². The second kappa shape index (κ2) is 7.78. The summed E-state index contributed by atoms with van der Waals surface area (Å²) in [6.07, 6.45) is -1.03. The van der Waals surface area contributed by atoms with Crippen LogP contribution in [0.25, 0.3) is 0 Å². The van der Waals surface area contributed by atoms with Gasteiger partial charge in [-0.3, -0.25) is 9.48 Å². The summed E-state index contributed by atoms with van der Waals surface area (Å²) >= 11 is 0. The summed E-state index contributed by atoms with van der Waals surface area (Å²) in [5.41, 5.74) is 2.03. The number of carbonyl (C=O) groups is 2. The molecule has 0 bridgehead atoms. The van der Waals surface area contributed by atoms with E-state index in [4.69, 9.17) is 9.47 Å². The SMILES string of the molecule is Cc1nn(C)c(C)c1NC(=O)[C@@H](C)OC(=O)COc1ccccc1F. The van der Waals surface area contributed by atoms with E-state index in [9.17, 15) is 14.0 Å². The monoisotopic (exact) mass is 349 g/mol. The highest BCUT2D eigenvalue weighted by Crippen LogP contribution is 2.19. The van der Waals surface area contributed by atoms with Gasteiger partial charge >= 0.3 is 5.97 Å². The van der Waals surface area contributed by atoms with Gasteiger partial charge in [-0.05, 0) is 32.9 Å². The number of anilines is 1. The number of nitrogens with one attached hydrogen (secondary N) is 1. The van der Waals surface area contributed by atoms with Gasteiger partial charge in [0, 0.05) is 7.05 Å². The molecule has 0 unspecified atom stereocenters. The van der Waals surface area contributed by atoms with Gasteiger partial charge in [0.2, 0.25) is 0 Å². The highest BCUT2D eigenvalue weighted by molar-refractivity contribution is 5.96. The van der Waals surface area contributed by atoms with Crippen molar-refractivity contribution in [2.45, 2.75) is 26.9 Å². The number of benzene rings is 1. The first kappa shape index (κ1) is 18.4. The Morgan fingerprint density at radius 1 is 1.32 bits per heavy atom. The fourth-order valence-electron chi connectivity index (χ4n) is 2.16. The zero-order valence-corrected chi connectivity index (χ0v) is 14.5. The first-order valence-corrected chi connectivity index (χ1v) is 7.67. The number of amides is 1. The molecule has 0 aliphatic carbocycles. The topological polar surface area (TPSA) is 82.5 Å². The molecular weight excluding hydrogens is 329 g/mol. The van der Waals surface area contributed by atoms with Gasteiger partial charge in [0.05, 0.1) is 17.1 Å². The van der Waals surface area contributed by atoms with Crippen LogP contribution in [0.5, 0.6) is 5.75 Å². The van der Waals surface area contributed by atoms with Crippen LogP contribution in [0.15, 0.2) is 24.3 Å². The Morgan fingerprint density at radius 2 is 2.00 bits per heavy atom. The molecule has 1 amide bonds. The van der Waals surface area contributed by atoms with Crippen molar-refractivity contribution in [3.05, 3.63) is 41.5 Å². The predicted molar refractivity (Wildman–Crippen MR) is 88.8 cm³/mol. The molecule has 1 atom stereocenters. The minimum Gasteiger partial charge on any atom is -0.479 e. The van der Waals surface area contributed by atoms with Crippen LogP contribution in [0.3, 0.4) is 0 Å². The third-order valence-electron chi connectivity index (χ3n) is 3.62. The lowest BCUT2D eigenvalue weighted by Gasteiger charge is -2.14. The number of carbonyl (C=O) groups excluding carboxylic acids is 2. The maximum Gasteiger partial charge on any atom is 0.344 e. The number of esters is 1. The summed E-state index contributed by atoms with van der Waals surface area (Å²) in [6.45, 7) is 4.52. The van der Waals surface area contributed by atoms with Gasteiger partial charge in [-0.1, -0.05) is 12.1 Å². The third-order valence-corrected chi connectivity index (χ3v) is 3.62. The molecule has 0 saturated heterocycles. The summed E-state index contributed by atoms with van der Waals surface area (Å²) in [7, 11) is 1.77. The molecule has 1 aromatic heterocycles. The van der Waals surface area contributed by atoms with E-state index < -0.39 is 30.4 Å². The lowest BCUT2D eigenvalue weighted by Crippen LogP contribution is -2.32. The second-order valence-corrected chi connectivity index (χ2v) is 5.51. The number of aromatic nitrogens is 2. The molecule has 1 heterocycles. The fraction of sp³-hybridized carbons (Fsp3) is 0.353. The van der Waals surface area contributed by atoms with Gasteiger partial charge in [0.25, 0.3) is 5.91 Å². The molecule has 1 N–H and O–H groups in total. The largest absolute Gasteiger partial charge is 0.479 e. The van der Waals surface area contributed by atoms with E-state index in [0.717, 1.165) is 5.69 Å². The van der Waals surface area contributed by atoms with Gasteiger partial charge in [0.15, 0.2) is 24.3 Å². The lowest BCUT2D eigenvalue weighted by atomic mass is 10.3. The highest BCUT2D eigenvalue weighted by Gasteiger charge is 2.21. The molecule has 0 fully saturated rings. The predicted octanol–water partition coefficient (Wildman–Crippen LogP) is 2.13. The maximum absolute atomic E-state index is 13.4. The van der Waals surface area contributed by atoms with Crippen LogP contribution in [0.2, 0.25) is 0 Å². The third kappa shape index (κ3) is 4.56. The minimum atomic E-state index is -1.03. The van der Waals surface area contributed by atoms with Crippen molar-refractivity contribution >= 4 is 17.6 Å². The Morgan fingerprint density at radius 3 is 2.60 bits per heavy atom. The van der Waals surface area contributed by atoms with E-state index in [2.05, 4.69) is 10.4 Å². The van der Waals surface area contributed by atoms with Crippen LogP contribution in [-0.4, -0.2) is 34.4 Å². The van der Waals surface area contributed by atoms with Crippen molar-refractivity contribution in [1.29, 1.82) is 0 Å². The molecule has 0 saturated carbocycles. The smallest absolute Gasteiger partial charge is 0.344 e. The van der Waals surface area contributed by atoms with Gasteiger partial charge in [0.1, 0.15) is 0 Å². The minimum absolute atomic E-state index is 0.0573. The normalized spacial score (nSPS) is 11.7. The standard InChI is InChI=1S/C17H20FN3O4/c1-10-16(11(2)21(4)20-10)19-17(23)12(3)25-15(22)9-24-14-8-6-5-7-13(14)18/h5-8,12H,9H2,1-4H3,(H,19,23)/t12-/m1/s1. The van der Waals surface area contributed by atoms with E-state index in [1.165, 1.54) is 25.1 Å². The maximum atomic E-state index is 13.4. The number of halogens is 1. The number of hydrogen-bond acceptors (Lipinski definition) is 5. The van der Waals surface area contributed by atoms with Crippen molar-refractivity contribution in [3.63, 3.8) is 0 Å². The van der Waals surface area contributed by atoms with E-state index in [0.29, 0.717) is 11.4 Å². The fourth-order valence-corrected chi connectivity index (χ4v) is 2.16. The number of hydrogen-bond donors (Lipinski definition) is 1. The van der Waals surface area contributed by atoms with Crippen LogP contribution in [0.1, 0.15) is 18.3 Å². The first-order chi connectivity index (χ1) is 11.8. The molecule has 0 radical (unpaired) electrons. The summed E-state index contributed by atoms with van der Waals surface area (Å²) in [5.74, 6) is -1.90. The first-order valence-electron chi connectivity index (χ1n) is 7.67. The van der Waals surface area contributed by atoms with Crippen molar-refractivity contribution in [3.8, 4) is 5.75 Å². The summed E-state index contributed by atoms with van der Waals surface area (Å²) in [5, 5.41) is 6.88. The molecule has 134 valence electrons. The van der Waals surface area contributed by atoms with Crippen molar-refractivity contribution < 1.29 is 23.5 Å². The molecule has 0 aliphatic heterocycles. The summed E-state index contributed by atoms with van der Waals surface area (Å²) in [6, 6.07) is 5.70. The number of nitrogens with zero attached hydrogens (tertiary/aromatic N) is 2. The average Bonchev–Trinajstić information content (AvgIpc) is 2.80. The van der Waals surface area contributed by atoms with Crippen molar-refractivity contribution in [2.24, 2.45) is 7.05 Å². The average molecular weight is 349 g/mol. The lowest BCUT2D eigenvalue weighted by molar-refractivity contribution is -0.155. The van der Waals surface area contributed by atoms with Crippen molar-refractivity contribution in [1.82, 2.24) is 9.78 Å². The van der Waals surface area contributed by atoms with Gasteiger partial charge < -0.3 is 14.8 Å². The van der Waals surface area contributed by atoms with E-state index in [1.807, 2.05) is 6.92 Å². The Balaban J connectivity index is 1.88. The van der Waals surface area contributed by atoms with E-state index >= 15 is 0 Å². The summed E-state index contributed by atoms with van der Waals surface area (Å²) in [4.78, 5) is 23.9. The quantitative estimate of drug-likeness (QED) is 0.808. The second-order valence-electron chi connectivity index (χ2n) is 5.51. The van der Waals surface area contributed by atoms with Crippen LogP contribution < -0.4 is 10.1 Å². The van der Waals surface area contributed by atoms with Gasteiger partial charge in [-0.25, -0.2) is 9.18 Å². The molecule has 2 aromatic rings. The molecule has 8 heteroatoms. The Kier molecular flexibility index (Phi) is 5.74. The number of rotatable bonds is 6. The molecular formula is C17H20FN3O4. The molecule has 1 aromatic carbocycles. The Hall–Kier alpha value is -2.90. The van der Waals surface area contributed by atoms with Gasteiger partial charge in [-0.2, -0.15) is 5.10 Å². The zero-order valence-electron chi connectivity index (χ0n) is 14.5. The van der Waals surface area contributed by atoms with Crippen LogP contribution in [-0.2, 0) is 21.4 Å². The Bertz CT molecular complexity index is 788. The zero-order chi connectivity index (χ0) is 18.6. The Labute approximate surface area is 144 Å². The van der Waals surface area contributed by atoms with Gasteiger partial charge in [-0.15, -0.1) is 0 Å². The summed E-state index contributed by atoms with van der Waals surface area (Å²) < 4.78 is 25.1. The highest BCUT2D eigenvalue weighted by atomic mass is 19.1. The van der Waals surface area contributed by atoms with Crippen molar-refractivity contribution in [2.75, 3.05) is 11.9 Å². The van der Waals surface area contributed by atoms with Crippen LogP contribution >= 0.6 is 0 Å². The van der Waals surface area contributed by atoms with Crippen LogP contribution in [0.4, 0.5) is 10.1 Å². The van der Waals surface area contributed by atoms with Crippen LogP contribution in [0, 0.1) is 19.7 Å². The molecule has 0 aliphatic rings. The van der Waals surface area contributed by atoms with E-state index in [-0.39, 0.29) is 5.75 Å².